The maximum atomic E-state index is 13.4. The molecule has 2 heterocycles. The molecule has 1 aromatic carbocycles. The molecule has 2 fully saturated rings. The second-order valence-corrected chi connectivity index (χ2v) is 8.40. The molecule has 4 nitrogen and oxygen atoms in total. The van der Waals surface area contributed by atoms with E-state index in [0.717, 1.165) is 63.8 Å². The Balaban J connectivity index is 1.52. The third-order valence-corrected chi connectivity index (χ3v) is 6.52. The third kappa shape index (κ3) is 3.26. The van der Waals surface area contributed by atoms with Gasteiger partial charge in [-0.25, -0.2) is 0 Å². The van der Waals surface area contributed by atoms with E-state index >= 15 is 0 Å². The molecule has 0 spiro atoms. The van der Waals surface area contributed by atoms with E-state index in [-0.39, 0.29) is 23.7 Å². The van der Waals surface area contributed by atoms with Crippen LogP contribution >= 0.6 is 0 Å². The van der Waals surface area contributed by atoms with Crippen LogP contribution in [0.3, 0.4) is 0 Å². The largest absolute Gasteiger partial charge is 0.342 e. The summed E-state index contributed by atoms with van der Waals surface area (Å²) in [5, 5.41) is 0. The molecule has 0 unspecified atom stereocenters. The number of hydrogen-bond acceptors (Lipinski definition) is 2. The van der Waals surface area contributed by atoms with Gasteiger partial charge in [-0.3, -0.25) is 9.59 Å². The van der Waals surface area contributed by atoms with Crippen molar-refractivity contribution in [1.82, 2.24) is 4.90 Å². The molecule has 3 atom stereocenters. The predicted octanol–water partition coefficient (Wildman–Crippen LogP) is 3.64. The first-order valence-corrected chi connectivity index (χ1v) is 10.3. The molecule has 3 aliphatic rings. The van der Waals surface area contributed by atoms with Crippen LogP contribution in [0.15, 0.2) is 24.3 Å². The van der Waals surface area contributed by atoms with Crippen LogP contribution < -0.4 is 4.90 Å². The Hall–Kier alpha value is -1.84. The minimum Gasteiger partial charge on any atom is -0.342 e. The monoisotopic (exact) mass is 354 g/mol. The van der Waals surface area contributed by atoms with Crippen molar-refractivity contribution in [3.8, 4) is 0 Å². The average molecular weight is 354 g/mol. The lowest BCUT2D eigenvalue weighted by Crippen LogP contribution is -2.48. The quantitative estimate of drug-likeness (QED) is 0.813. The van der Waals surface area contributed by atoms with Crippen molar-refractivity contribution in [2.45, 2.75) is 51.9 Å². The van der Waals surface area contributed by atoms with Crippen molar-refractivity contribution in [1.29, 1.82) is 0 Å². The van der Waals surface area contributed by atoms with Gasteiger partial charge in [-0.05, 0) is 49.7 Å². The van der Waals surface area contributed by atoms with Crippen molar-refractivity contribution in [3.05, 3.63) is 29.8 Å². The number of anilines is 1. The van der Waals surface area contributed by atoms with Gasteiger partial charge in [-0.1, -0.05) is 38.0 Å². The predicted molar refractivity (Wildman–Crippen MR) is 103 cm³/mol. The summed E-state index contributed by atoms with van der Waals surface area (Å²) in [7, 11) is 0. The summed E-state index contributed by atoms with van der Waals surface area (Å²) < 4.78 is 0. The summed E-state index contributed by atoms with van der Waals surface area (Å²) in [6, 6.07) is 8.20. The fourth-order valence-electron chi connectivity index (χ4n) is 5.11. The Morgan fingerprint density at radius 3 is 2.42 bits per heavy atom. The Bertz CT molecular complexity index is 686. The third-order valence-electron chi connectivity index (χ3n) is 6.52. The fraction of sp³-hybridized carbons (Fsp3) is 0.636. The van der Waals surface area contributed by atoms with Gasteiger partial charge >= 0.3 is 0 Å². The molecule has 0 N–H and O–H groups in total. The van der Waals surface area contributed by atoms with Crippen LogP contribution in [0.5, 0.6) is 0 Å². The summed E-state index contributed by atoms with van der Waals surface area (Å²) in [4.78, 5) is 30.6. The zero-order valence-corrected chi connectivity index (χ0v) is 15.8. The number of piperidine rings is 1. The van der Waals surface area contributed by atoms with E-state index in [1.165, 1.54) is 12.0 Å². The van der Waals surface area contributed by atoms with Crippen LogP contribution in [-0.2, 0) is 16.0 Å². The molecule has 1 aliphatic carbocycles. The number of rotatable bonds is 2. The van der Waals surface area contributed by atoms with Crippen LogP contribution in [0, 0.1) is 17.8 Å². The molecule has 26 heavy (non-hydrogen) atoms. The molecule has 0 radical (unpaired) electrons. The molecule has 1 saturated heterocycles. The summed E-state index contributed by atoms with van der Waals surface area (Å²) in [5.74, 6) is 0.741. The van der Waals surface area contributed by atoms with Gasteiger partial charge in [-0.2, -0.15) is 0 Å². The van der Waals surface area contributed by atoms with Crippen molar-refractivity contribution < 1.29 is 9.59 Å². The maximum absolute atomic E-state index is 13.4. The normalized spacial score (nSPS) is 28.7. The zero-order chi connectivity index (χ0) is 18.1. The van der Waals surface area contributed by atoms with Crippen LogP contribution in [0.4, 0.5) is 5.69 Å². The Morgan fingerprint density at radius 1 is 0.923 bits per heavy atom. The Kier molecular flexibility index (Phi) is 5.01. The molecule has 0 bridgehead atoms. The van der Waals surface area contributed by atoms with Gasteiger partial charge in [-0.15, -0.1) is 0 Å². The van der Waals surface area contributed by atoms with E-state index in [9.17, 15) is 9.59 Å². The Morgan fingerprint density at radius 2 is 1.65 bits per heavy atom. The van der Waals surface area contributed by atoms with Gasteiger partial charge in [0.15, 0.2) is 0 Å². The van der Waals surface area contributed by atoms with Crippen molar-refractivity contribution >= 4 is 17.5 Å². The molecule has 1 saturated carbocycles. The van der Waals surface area contributed by atoms with Crippen molar-refractivity contribution in [2.75, 3.05) is 24.5 Å². The van der Waals surface area contributed by atoms with Crippen molar-refractivity contribution in [2.24, 2.45) is 17.8 Å². The SMILES string of the molecule is C[C@@H]1CCCN(C(=O)[C@H]2CCCC[C@@H]2C(=O)N2CCc3ccccc32)C1. The first kappa shape index (κ1) is 17.6. The van der Waals surface area contributed by atoms with E-state index in [1.807, 2.05) is 28.0 Å². The van der Waals surface area contributed by atoms with Gasteiger partial charge < -0.3 is 9.80 Å². The van der Waals surface area contributed by atoms with Crippen LogP contribution in [0.1, 0.15) is 51.0 Å². The summed E-state index contributed by atoms with van der Waals surface area (Å²) >= 11 is 0. The number of hydrogen-bond donors (Lipinski definition) is 0. The standard InChI is InChI=1S/C22H30N2O2/c1-16-7-6-13-23(15-16)21(25)18-9-3-4-10-19(18)22(26)24-14-12-17-8-2-5-11-20(17)24/h2,5,8,11,16,18-19H,3-4,6-7,9-10,12-15H2,1H3/t16-,18+,19+/m1/s1. The van der Waals surface area contributed by atoms with E-state index in [0.29, 0.717) is 5.92 Å². The number of likely N-dealkylation sites (tertiary alicyclic amines) is 1. The number of benzene rings is 1. The minimum absolute atomic E-state index is 0.116. The lowest BCUT2D eigenvalue weighted by molar-refractivity contribution is -0.144. The highest BCUT2D eigenvalue weighted by atomic mass is 16.2. The number of carbonyl (C=O) groups excluding carboxylic acids is 2. The van der Waals surface area contributed by atoms with Crippen molar-refractivity contribution in [3.63, 3.8) is 0 Å². The molecule has 2 aliphatic heterocycles. The molecular weight excluding hydrogens is 324 g/mol. The van der Waals surface area contributed by atoms with E-state index in [2.05, 4.69) is 13.0 Å². The average Bonchev–Trinajstić information content (AvgIpc) is 3.11. The van der Waals surface area contributed by atoms with Crippen LogP contribution in [0.2, 0.25) is 0 Å². The first-order valence-electron chi connectivity index (χ1n) is 10.3. The summed E-state index contributed by atoms with van der Waals surface area (Å²) in [6.45, 7) is 4.72. The van der Waals surface area contributed by atoms with Gasteiger partial charge in [0.1, 0.15) is 0 Å². The number of amides is 2. The molecule has 1 aromatic rings. The highest BCUT2D eigenvalue weighted by Crippen LogP contribution is 2.37. The topological polar surface area (TPSA) is 40.6 Å². The van der Waals surface area contributed by atoms with Gasteiger partial charge in [0.05, 0.1) is 5.92 Å². The highest BCUT2D eigenvalue weighted by molar-refractivity contribution is 5.99. The number of carbonyl (C=O) groups is 2. The maximum Gasteiger partial charge on any atom is 0.230 e. The molecule has 0 aromatic heterocycles. The number of para-hydroxylation sites is 1. The lowest BCUT2D eigenvalue weighted by atomic mass is 9.77. The number of nitrogens with zero attached hydrogens (tertiary/aromatic N) is 2. The molecular formula is C22H30N2O2. The molecule has 140 valence electrons. The van der Waals surface area contributed by atoms with Gasteiger partial charge in [0, 0.05) is 31.2 Å². The number of fused-ring (bicyclic) bond motifs is 1. The van der Waals surface area contributed by atoms with E-state index < -0.39 is 0 Å². The Labute approximate surface area is 156 Å². The summed E-state index contributed by atoms with van der Waals surface area (Å²) in [6.07, 6.45) is 7.09. The second-order valence-electron chi connectivity index (χ2n) is 8.40. The molecule has 2 amide bonds. The van der Waals surface area contributed by atoms with E-state index in [1.54, 1.807) is 0 Å². The zero-order valence-electron chi connectivity index (χ0n) is 15.8. The van der Waals surface area contributed by atoms with Crippen LogP contribution in [0.25, 0.3) is 0 Å². The molecule has 4 rings (SSSR count). The van der Waals surface area contributed by atoms with Gasteiger partial charge in [0.2, 0.25) is 11.8 Å². The second kappa shape index (κ2) is 7.42. The lowest BCUT2D eigenvalue weighted by Gasteiger charge is -2.38. The van der Waals surface area contributed by atoms with E-state index in [4.69, 9.17) is 0 Å². The van der Waals surface area contributed by atoms with Crippen LogP contribution in [-0.4, -0.2) is 36.3 Å². The highest BCUT2D eigenvalue weighted by Gasteiger charge is 2.41. The van der Waals surface area contributed by atoms with Gasteiger partial charge in [0.25, 0.3) is 0 Å². The first-order chi connectivity index (χ1) is 12.6. The fourth-order valence-corrected chi connectivity index (χ4v) is 5.11. The minimum atomic E-state index is -0.139. The smallest absolute Gasteiger partial charge is 0.230 e. The summed E-state index contributed by atoms with van der Waals surface area (Å²) in [5.41, 5.74) is 2.31. The molecule has 4 heteroatoms.